The average molecular weight is 381 g/mol. The first-order chi connectivity index (χ1) is 13.5. The van der Waals surface area contributed by atoms with Gasteiger partial charge in [-0.3, -0.25) is 9.48 Å². The number of hydrogen-bond donors (Lipinski definition) is 1. The molecule has 1 N–H and O–H groups in total. The molecular formula is C22H27N3O3. The molecular weight excluding hydrogens is 354 g/mol. The Morgan fingerprint density at radius 1 is 1.18 bits per heavy atom. The Hall–Kier alpha value is -2.63. The maximum atomic E-state index is 12.9. The number of carboxylic acids is 1. The van der Waals surface area contributed by atoms with E-state index in [4.69, 9.17) is 0 Å². The first-order valence-electron chi connectivity index (χ1n) is 10.2. The van der Waals surface area contributed by atoms with Crippen molar-refractivity contribution in [1.82, 2.24) is 14.7 Å². The number of carboxylic acid groups (broad SMARTS) is 1. The van der Waals surface area contributed by atoms with Crippen LogP contribution in [0.5, 0.6) is 0 Å². The summed E-state index contributed by atoms with van der Waals surface area (Å²) in [4.78, 5) is 26.1. The highest BCUT2D eigenvalue weighted by Gasteiger charge is 2.29. The maximum Gasteiger partial charge on any atom is 0.339 e. The number of rotatable bonds is 4. The third kappa shape index (κ3) is 3.55. The number of amides is 1. The number of fused-ring (bicyclic) bond motifs is 1. The molecule has 4 rings (SSSR count). The highest BCUT2D eigenvalue weighted by molar-refractivity contribution is 5.88. The first-order valence-corrected chi connectivity index (χ1v) is 10.2. The lowest BCUT2D eigenvalue weighted by molar-refractivity contribution is -0.133. The summed E-state index contributed by atoms with van der Waals surface area (Å²) in [6, 6.07) is 8.69. The van der Waals surface area contributed by atoms with Gasteiger partial charge in [-0.2, -0.15) is 5.10 Å². The molecule has 0 saturated carbocycles. The Labute approximate surface area is 165 Å². The predicted molar refractivity (Wildman–Crippen MR) is 106 cm³/mol. The molecule has 148 valence electrons. The van der Waals surface area contributed by atoms with Gasteiger partial charge in [-0.25, -0.2) is 4.79 Å². The zero-order chi connectivity index (χ0) is 19.7. The summed E-state index contributed by atoms with van der Waals surface area (Å²) in [5, 5.41) is 13.5. The Kier molecular flexibility index (Phi) is 5.20. The van der Waals surface area contributed by atoms with Crippen LogP contribution in [-0.4, -0.2) is 44.8 Å². The second-order valence-corrected chi connectivity index (χ2v) is 8.00. The molecule has 6 nitrogen and oxygen atoms in total. The van der Waals surface area contributed by atoms with Crippen LogP contribution < -0.4 is 0 Å². The summed E-state index contributed by atoms with van der Waals surface area (Å²) in [6.45, 7) is 3.22. The fourth-order valence-corrected chi connectivity index (χ4v) is 4.77. The monoisotopic (exact) mass is 381 g/mol. The number of carbonyl (C=O) groups excluding carboxylic acids is 1. The van der Waals surface area contributed by atoms with Crippen LogP contribution in [0, 0.1) is 6.92 Å². The van der Waals surface area contributed by atoms with E-state index in [2.05, 4.69) is 29.4 Å². The zero-order valence-electron chi connectivity index (χ0n) is 16.3. The number of aryl methyl sites for hydroxylation is 1. The van der Waals surface area contributed by atoms with Gasteiger partial charge in [-0.15, -0.1) is 0 Å². The van der Waals surface area contributed by atoms with E-state index in [0.29, 0.717) is 31.1 Å². The van der Waals surface area contributed by atoms with Crippen molar-refractivity contribution >= 4 is 11.9 Å². The fourth-order valence-electron chi connectivity index (χ4n) is 4.77. The molecule has 2 aliphatic rings. The molecule has 1 unspecified atom stereocenters. The number of piperidine rings is 1. The van der Waals surface area contributed by atoms with Crippen molar-refractivity contribution in [3.63, 3.8) is 0 Å². The zero-order valence-corrected chi connectivity index (χ0v) is 16.3. The summed E-state index contributed by atoms with van der Waals surface area (Å²) in [6.07, 6.45) is 7.00. The number of aromatic carboxylic acids is 1. The molecule has 2 aromatic rings. The van der Waals surface area contributed by atoms with Crippen LogP contribution in [0.1, 0.15) is 71.2 Å². The van der Waals surface area contributed by atoms with E-state index in [1.807, 2.05) is 9.58 Å². The summed E-state index contributed by atoms with van der Waals surface area (Å²) >= 11 is 0. The van der Waals surface area contributed by atoms with E-state index in [1.54, 1.807) is 6.92 Å². The van der Waals surface area contributed by atoms with E-state index < -0.39 is 5.97 Å². The minimum Gasteiger partial charge on any atom is -0.478 e. The van der Waals surface area contributed by atoms with Gasteiger partial charge in [-0.1, -0.05) is 24.3 Å². The van der Waals surface area contributed by atoms with Crippen molar-refractivity contribution in [2.45, 2.75) is 57.4 Å². The summed E-state index contributed by atoms with van der Waals surface area (Å²) in [5.41, 5.74) is 3.70. The lowest BCUT2D eigenvalue weighted by Gasteiger charge is -2.34. The van der Waals surface area contributed by atoms with E-state index in [9.17, 15) is 14.7 Å². The third-order valence-corrected chi connectivity index (χ3v) is 6.35. The van der Waals surface area contributed by atoms with E-state index in [-0.39, 0.29) is 17.5 Å². The van der Waals surface area contributed by atoms with Crippen molar-refractivity contribution in [2.75, 3.05) is 13.1 Å². The minimum absolute atomic E-state index is 0.160. The summed E-state index contributed by atoms with van der Waals surface area (Å²) in [5.74, 6) is -0.366. The molecule has 1 aromatic carbocycles. The van der Waals surface area contributed by atoms with Crippen LogP contribution in [0.3, 0.4) is 0 Å². The molecule has 0 bridgehead atoms. The van der Waals surface area contributed by atoms with Crippen molar-refractivity contribution in [1.29, 1.82) is 0 Å². The largest absolute Gasteiger partial charge is 0.478 e. The van der Waals surface area contributed by atoms with E-state index in [1.165, 1.54) is 17.3 Å². The van der Waals surface area contributed by atoms with Gasteiger partial charge in [0.2, 0.25) is 5.91 Å². The smallest absolute Gasteiger partial charge is 0.339 e. The van der Waals surface area contributed by atoms with Crippen molar-refractivity contribution in [2.24, 2.45) is 0 Å². The van der Waals surface area contributed by atoms with Gasteiger partial charge in [0.05, 0.1) is 17.9 Å². The van der Waals surface area contributed by atoms with Crippen LogP contribution in [0.25, 0.3) is 0 Å². The standard InChI is InChI=1S/C22H27N3O3/c1-15-20(22(27)28)14-23-25(15)18-9-11-24(12-10-18)21(26)13-17-7-4-6-16-5-2-3-8-19(16)17/h2-3,5,8,14,17-18H,4,6-7,9-13H2,1H3,(H,27,28). The second kappa shape index (κ2) is 7.78. The van der Waals surface area contributed by atoms with Gasteiger partial charge >= 0.3 is 5.97 Å². The molecule has 1 aliphatic heterocycles. The average Bonchev–Trinajstić information content (AvgIpc) is 3.10. The first kappa shape index (κ1) is 18.7. The fraction of sp³-hybridized carbons (Fsp3) is 0.500. The molecule has 1 atom stereocenters. The quantitative estimate of drug-likeness (QED) is 0.879. The lowest BCUT2D eigenvalue weighted by atomic mass is 9.81. The topological polar surface area (TPSA) is 75.4 Å². The second-order valence-electron chi connectivity index (χ2n) is 8.00. The van der Waals surface area contributed by atoms with Crippen molar-refractivity contribution in [3.05, 3.63) is 52.8 Å². The number of hydrogen-bond acceptors (Lipinski definition) is 3. The number of benzene rings is 1. The molecule has 1 aliphatic carbocycles. The van der Waals surface area contributed by atoms with Gasteiger partial charge in [0, 0.05) is 19.5 Å². The number of carbonyl (C=O) groups is 2. The Morgan fingerprint density at radius 2 is 1.93 bits per heavy atom. The summed E-state index contributed by atoms with van der Waals surface area (Å²) in [7, 11) is 0. The molecule has 1 saturated heterocycles. The summed E-state index contributed by atoms with van der Waals surface area (Å²) < 4.78 is 1.82. The van der Waals surface area contributed by atoms with Crippen LogP contribution in [0.2, 0.25) is 0 Å². The van der Waals surface area contributed by atoms with Gasteiger partial charge in [0.15, 0.2) is 0 Å². The van der Waals surface area contributed by atoms with Gasteiger partial charge in [0.1, 0.15) is 5.56 Å². The molecule has 1 fully saturated rings. The predicted octanol–water partition coefficient (Wildman–Crippen LogP) is 3.56. The highest BCUT2D eigenvalue weighted by atomic mass is 16.4. The normalized spacial score (nSPS) is 20.0. The number of likely N-dealkylation sites (tertiary alicyclic amines) is 1. The van der Waals surface area contributed by atoms with Crippen LogP contribution in [0.15, 0.2) is 30.5 Å². The van der Waals surface area contributed by atoms with Crippen LogP contribution in [0.4, 0.5) is 0 Å². The third-order valence-electron chi connectivity index (χ3n) is 6.35. The Bertz CT molecular complexity index is 881. The minimum atomic E-state index is -0.941. The van der Waals surface area contributed by atoms with Crippen molar-refractivity contribution in [3.8, 4) is 0 Å². The van der Waals surface area contributed by atoms with Crippen LogP contribution in [-0.2, 0) is 11.2 Å². The van der Waals surface area contributed by atoms with E-state index in [0.717, 1.165) is 32.1 Å². The number of nitrogens with zero attached hydrogens (tertiary/aromatic N) is 3. The van der Waals surface area contributed by atoms with Gasteiger partial charge in [-0.05, 0) is 56.1 Å². The highest BCUT2D eigenvalue weighted by Crippen LogP contribution is 2.35. The molecule has 6 heteroatoms. The van der Waals surface area contributed by atoms with Crippen molar-refractivity contribution < 1.29 is 14.7 Å². The Balaban J connectivity index is 1.37. The molecule has 2 heterocycles. The Morgan fingerprint density at radius 3 is 2.64 bits per heavy atom. The SMILES string of the molecule is Cc1c(C(=O)O)cnn1C1CCN(C(=O)CC2CCCc3ccccc32)CC1. The molecule has 0 spiro atoms. The molecule has 0 radical (unpaired) electrons. The maximum absolute atomic E-state index is 12.9. The van der Waals surface area contributed by atoms with Gasteiger partial charge < -0.3 is 10.0 Å². The van der Waals surface area contributed by atoms with Crippen LogP contribution >= 0.6 is 0 Å². The molecule has 1 amide bonds. The lowest BCUT2D eigenvalue weighted by Crippen LogP contribution is -2.40. The molecule has 1 aromatic heterocycles. The van der Waals surface area contributed by atoms with Gasteiger partial charge in [0.25, 0.3) is 0 Å². The molecule has 28 heavy (non-hydrogen) atoms. The number of aromatic nitrogens is 2. The van der Waals surface area contributed by atoms with E-state index >= 15 is 0 Å².